The van der Waals surface area contributed by atoms with Gasteiger partial charge >= 0.3 is 0 Å². The molecule has 5 heteroatoms. The topological polar surface area (TPSA) is 63.3 Å². The summed E-state index contributed by atoms with van der Waals surface area (Å²) in [4.78, 5) is 14.6. The van der Waals surface area contributed by atoms with Crippen LogP contribution in [0.1, 0.15) is 37.2 Å². The van der Waals surface area contributed by atoms with E-state index in [9.17, 15) is 4.79 Å². The fraction of sp³-hybridized carbons (Fsp3) is 0.643. The highest BCUT2D eigenvalue weighted by Crippen LogP contribution is 2.16. The lowest BCUT2D eigenvalue weighted by atomic mass is 10.2. The van der Waals surface area contributed by atoms with Crippen LogP contribution in [0.25, 0.3) is 0 Å². The molecule has 1 amide bonds. The first-order chi connectivity index (χ1) is 9.15. The summed E-state index contributed by atoms with van der Waals surface area (Å²) in [6, 6.07) is 2.22. The molecule has 1 fully saturated rings. The number of nitrogens with one attached hydrogen (secondary N) is 1. The van der Waals surface area contributed by atoms with Crippen LogP contribution < -0.4 is 11.1 Å². The zero-order valence-corrected chi connectivity index (χ0v) is 11.9. The molecule has 1 aromatic rings. The third-order valence-corrected chi connectivity index (χ3v) is 3.89. The number of carbonyl (C=O) groups excluding carboxylic acids is 1. The number of carbonyl (C=O) groups is 1. The molecule has 1 unspecified atom stereocenters. The lowest BCUT2D eigenvalue weighted by Gasteiger charge is -2.22. The van der Waals surface area contributed by atoms with Gasteiger partial charge in [0.1, 0.15) is 5.69 Å². The number of aromatic nitrogens is 1. The van der Waals surface area contributed by atoms with Crippen molar-refractivity contribution in [2.24, 2.45) is 0 Å². The van der Waals surface area contributed by atoms with Gasteiger partial charge in [0.25, 0.3) is 5.91 Å². The lowest BCUT2D eigenvalue weighted by Crippen LogP contribution is -2.40. The van der Waals surface area contributed by atoms with E-state index < -0.39 is 0 Å². The summed E-state index contributed by atoms with van der Waals surface area (Å²) >= 11 is 0. The van der Waals surface area contributed by atoms with Crippen LogP contribution in [0.5, 0.6) is 0 Å². The number of rotatable bonds is 5. The van der Waals surface area contributed by atoms with Crippen LogP contribution in [0, 0.1) is 0 Å². The van der Waals surface area contributed by atoms with Crippen molar-refractivity contribution in [2.75, 3.05) is 25.4 Å². The van der Waals surface area contributed by atoms with Gasteiger partial charge in [0.2, 0.25) is 0 Å². The monoisotopic (exact) mass is 264 g/mol. The second-order valence-corrected chi connectivity index (χ2v) is 5.08. The number of hydrogen-bond acceptors (Lipinski definition) is 3. The van der Waals surface area contributed by atoms with Gasteiger partial charge in [-0.25, -0.2) is 0 Å². The normalized spacial score (nSPS) is 19.8. The van der Waals surface area contributed by atoms with Gasteiger partial charge in [0.05, 0.1) is 5.69 Å². The molecule has 5 nitrogen and oxygen atoms in total. The van der Waals surface area contributed by atoms with Crippen LogP contribution >= 0.6 is 0 Å². The van der Waals surface area contributed by atoms with Crippen molar-refractivity contribution < 1.29 is 4.79 Å². The zero-order chi connectivity index (χ0) is 13.8. The van der Waals surface area contributed by atoms with Gasteiger partial charge in [-0.2, -0.15) is 0 Å². The number of nitrogens with zero attached hydrogens (tertiary/aromatic N) is 2. The molecular formula is C14H24N4O. The Kier molecular flexibility index (Phi) is 4.47. The minimum absolute atomic E-state index is 0.0264. The first-order valence-electron chi connectivity index (χ1n) is 7.13. The van der Waals surface area contributed by atoms with Crippen LogP contribution in [0.3, 0.4) is 0 Å². The Morgan fingerprint density at radius 1 is 1.47 bits per heavy atom. The van der Waals surface area contributed by atoms with Crippen molar-refractivity contribution in [1.29, 1.82) is 0 Å². The standard InChI is InChI=1S/C14H24N4O/c1-3-17-7-5-6-12(17)9-16-14(19)13-8-11(15)10-18(13)4-2/h8,10,12H,3-7,9,15H2,1-2H3,(H,16,19). The maximum Gasteiger partial charge on any atom is 0.268 e. The molecule has 1 aromatic heterocycles. The number of anilines is 1. The SMILES string of the molecule is CCN1CCCC1CNC(=O)c1cc(N)cn1CC. The van der Waals surface area contributed by atoms with Gasteiger partial charge in [-0.3, -0.25) is 9.69 Å². The minimum Gasteiger partial charge on any atom is -0.397 e. The largest absolute Gasteiger partial charge is 0.397 e. The third-order valence-electron chi connectivity index (χ3n) is 3.89. The highest BCUT2D eigenvalue weighted by Gasteiger charge is 2.23. The Bertz CT molecular complexity index is 441. The van der Waals surface area contributed by atoms with Gasteiger partial charge in [-0.05, 0) is 38.9 Å². The van der Waals surface area contributed by atoms with Crippen molar-refractivity contribution in [3.8, 4) is 0 Å². The van der Waals surface area contributed by atoms with Crippen molar-refractivity contribution in [1.82, 2.24) is 14.8 Å². The van der Waals surface area contributed by atoms with E-state index in [-0.39, 0.29) is 5.91 Å². The Hall–Kier alpha value is -1.49. The van der Waals surface area contributed by atoms with Crippen LogP contribution in [-0.2, 0) is 6.54 Å². The second-order valence-electron chi connectivity index (χ2n) is 5.08. The molecule has 0 aliphatic carbocycles. The number of aryl methyl sites for hydroxylation is 1. The summed E-state index contributed by atoms with van der Waals surface area (Å²) in [5.41, 5.74) is 7.04. The van der Waals surface area contributed by atoms with Gasteiger partial charge < -0.3 is 15.6 Å². The predicted molar refractivity (Wildman–Crippen MR) is 77.1 cm³/mol. The van der Waals surface area contributed by atoms with Crippen molar-refractivity contribution >= 4 is 11.6 Å². The van der Waals surface area contributed by atoms with Gasteiger partial charge in [0, 0.05) is 25.3 Å². The molecule has 0 spiro atoms. The number of hydrogen-bond donors (Lipinski definition) is 2. The second kappa shape index (κ2) is 6.10. The summed E-state index contributed by atoms with van der Waals surface area (Å²) in [5, 5.41) is 3.04. The fourth-order valence-electron chi connectivity index (χ4n) is 2.83. The molecule has 0 bridgehead atoms. The van der Waals surface area contributed by atoms with Crippen LogP contribution in [0.4, 0.5) is 5.69 Å². The first-order valence-corrected chi connectivity index (χ1v) is 7.13. The zero-order valence-electron chi connectivity index (χ0n) is 11.9. The molecule has 1 saturated heterocycles. The van der Waals surface area contributed by atoms with E-state index in [1.54, 1.807) is 6.07 Å². The lowest BCUT2D eigenvalue weighted by molar-refractivity contribution is 0.0932. The smallest absolute Gasteiger partial charge is 0.268 e. The fourth-order valence-corrected chi connectivity index (χ4v) is 2.83. The quantitative estimate of drug-likeness (QED) is 0.842. The minimum atomic E-state index is -0.0264. The number of nitrogens with two attached hydrogens (primary N) is 1. The van der Waals surface area contributed by atoms with E-state index in [4.69, 9.17) is 5.73 Å². The maximum atomic E-state index is 12.2. The van der Waals surface area contributed by atoms with Gasteiger partial charge in [-0.1, -0.05) is 6.92 Å². The van der Waals surface area contributed by atoms with Crippen molar-refractivity contribution in [3.63, 3.8) is 0 Å². The Morgan fingerprint density at radius 2 is 2.26 bits per heavy atom. The van der Waals surface area contributed by atoms with E-state index in [0.29, 0.717) is 17.4 Å². The third kappa shape index (κ3) is 3.10. The highest BCUT2D eigenvalue weighted by atomic mass is 16.1. The van der Waals surface area contributed by atoms with E-state index in [0.717, 1.165) is 26.2 Å². The summed E-state index contributed by atoms with van der Waals surface area (Å²) in [5.74, 6) is -0.0264. The van der Waals surface area contributed by atoms with E-state index in [1.807, 2.05) is 17.7 Å². The first kappa shape index (κ1) is 13.9. The van der Waals surface area contributed by atoms with E-state index in [2.05, 4.69) is 17.1 Å². The highest BCUT2D eigenvalue weighted by molar-refractivity contribution is 5.93. The predicted octanol–water partition coefficient (Wildman–Crippen LogP) is 1.30. The molecule has 3 N–H and O–H groups in total. The molecule has 106 valence electrons. The Labute approximate surface area is 114 Å². The molecular weight excluding hydrogens is 240 g/mol. The van der Waals surface area contributed by atoms with Gasteiger partial charge in [0.15, 0.2) is 0 Å². The van der Waals surface area contributed by atoms with Crippen molar-refractivity contribution in [2.45, 2.75) is 39.3 Å². The van der Waals surface area contributed by atoms with Crippen LogP contribution in [0.2, 0.25) is 0 Å². The number of likely N-dealkylation sites (tertiary alicyclic amines) is 1. The molecule has 0 radical (unpaired) electrons. The summed E-state index contributed by atoms with van der Waals surface area (Å²) in [6.45, 7) is 7.86. The van der Waals surface area contributed by atoms with Gasteiger partial charge in [-0.15, -0.1) is 0 Å². The molecule has 1 atom stereocenters. The molecule has 1 aliphatic rings. The molecule has 19 heavy (non-hydrogen) atoms. The van der Waals surface area contributed by atoms with Crippen LogP contribution in [0.15, 0.2) is 12.3 Å². The summed E-state index contributed by atoms with van der Waals surface area (Å²) < 4.78 is 1.89. The Balaban J connectivity index is 1.94. The summed E-state index contributed by atoms with van der Waals surface area (Å²) in [6.07, 6.45) is 4.21. The number of amides is 1. The van der Waals surface area contributed by atoms with E-state index >= 15 is 0 Å². The van der Waals surface area contributed by atoms with E-state index in [1.165, 1.54) is 12.8 Å². The molecule has 0 saturated carbocycles. The molecule has 2 heterocycles. The average Bonchev–Trinajstić information content (AvgIpc) is 3.01. The Morgan fingerprint density at radius 3 is 2.95 bits per heavy atom. The maximum absolute atomic E-state index is 12.2. The molecule has 2 rings (SSSR count). The average molecular weight is 264 g/mol. The van der Waals surface area contributed by atoms with Crippen LogP contribution in [-0.4, -0.2) is 41.1 Å². The van der Waals surface area contributed by atoms with Crippen molar-refractivity contribution in [3.05, 3.63) is 18.0 Å². The number of likely N-dealkylation sites (N-methyl/N-ethyl adjacent to an activating group) is 1. The molecule has 1 aliphatic heterocycles. The number of nitrogen functional groups attached to an aromatic ring is 1. The molecule has 0 aromatic carbocycles. The summed E-state index contributed by atoms with van der Waals surface area (Å²) in [7, 11) is 0.